The second-order valence-corrected chi connectivity index (χ2v) is 7.03. The van der Waals surface area contributed by atoms with Gasteiger partial charge in [-0.1, -0.05) is 34.6 Å². The fraction of sp³-hybridized carbons (Fsp3) is 0.800. The lowest BCUT2D eigenvalue weighted by Gasteiger charge is -2.34. The molecule has 0 spiro atoms. The molecule has 0 aromatic carbocycles. The molecule has 0 bridgehead atoms. The lowest BCUT2D eigenvalue weighted by molar-refractivity contribution is 0.215. The van der Waals surface area contributed by atoms with Crippen molar-refractivity contribution in [1.82, 2.24) is 10.2 Å². The smallest absolute Gasteiger partial charge is 0.0659 e. The predicted molar refractivity (Wildman–Crippen MR) is 72.1 cm³/mol. The van der Waals surface area contributed by atoms with Crippen LogP contribution in [0.25, 0.3) is 0 Å². The summed E-state index contributed by atoms with van der Waals surface area (Å²) in [5, 5.41) is 7.78. The van der Waals surface area contributed by atoms with Crippen LogP contribution in [0.1, 0.15) is 58.0 Å². The Balaban J connectivity index is 2.20. The molecule has 1 N–H and O–H groups in total. The fourth-order valence-electron chi connectivity index (χ4n) is 2.85. The molecule has 0 aliphatic heterocycles. The Kier molecular flexibility index (Phi) is 3.33. The Morgan fingerprint density at radius 1 is 1.35 bits per heavy atom. The first-order valence-electron chi connectivity index (χ1n) is 6.93. The molecule has 0 fully saturated rings. The summed E-state index contributed by atoms with van der Waals surface area (Å²) < 4.78 is 0. The van der Waals surface area contributed by atoms with Crippen LogP contribution in [0.2, 0.25) is 0 Å². The number of hydrogen-bond donors (Lipinski definition) is 1. The Labute approximate surface area is 105 Å². The number of H-pyrrole nitrogens is 1. The molecule has 2 rings (SSSR count). The van der Waals surface area contributed by atoms with E-state index in [9.17, 15) is 0 Å². The summed E-state index contributed by atoms with van der Waals surface area (Å²) in [6, 6.07) is 0. The van der Waals surface area contributed by atoms with Crippen molar-refractivity contribution in [2.45, 2.75) is 60.3 Å². The van der Waals surface area contributed by atoms with Crippen molar-refractivity contribution in [2.24, 2.45) is 17.3 Å². The van der Waals surface area contributed by atoms with Gasteiger partial charge in [0.25, 0.3) is 0 Å². The van der Waals surface area contributed by atoms with E-state index in [1.165, 1.54) is 36.2 Å². The number of nitrogens with one attached hydrogen (secondary N) is 1. The van der Waals surface area contributed by atoms with E-state index in [0.717, 1.165) is 12.3 Å². The van der Waals surface area contributed by atoms with Gasteiger partial charge in [0.15, 0.2) is 0 Å². The van der Waals surface area contributed by atoms with Crippen molar-refractivity contribution >= 4 is 0 Å². The maximum atomic E-state index is 4.53. The van der Waals surface area contributed by atoms with Gasteiger partial charge in [-0.25, -0.2) is 0 Å². The average Bonchev–Trinajstić information content (AvgIpc) is 2.59. The number of aryl methyl sites for hydroxylation is 1. The zero-order chi connectivity index (χ0) is 12.6. The van der Waals surface area contributed by atoms with E-state index in [1.54, 1.807) is 0 Å². The average molecular weight is 234 g/mol. The van der Waals surface area contributed by atoms with Gasteiger partial charge in [0.05, 0.1) is 5.69 Å². The number of rotatable bonds is 2. The van der Waals surface area contributed by atoms with Crippen molar-refractivity contribution in [2.75, 3.05) is 0 Å². The van der Waals surface area contributed by atoms with Crippen LogP contribution >= 0.6 is 0 Å². The minimum absolute atomic E-state index is 0.421. The highest BCUT2D eigenvalue weighted by atomic mass is 15.1. The SMILES string of the molecule is CC(C)Cc1n[nH]c2c1CC(C(C)(C)C)CC2. The molecule has 2 heteroatoms. The first-order valence-corrected chi connectivity index (χ1v) is 6.93. The van der Waals surface area contributed by atoms with Crippen LogP contribution in [0.4, 0.5) is 0 Å². The molecular formula is C15H26N2. The van der Waals surface area contributed by atoms with Gasteiger partial charge in [-0.15, -0.1) is 0 Å². The molecule has 1 aliphatic carbocycles. The number of aromatic amines is 1. The highest BCUT2D eigenvalue weighted by molar-refractivity contribution is 5.29. The molecule has 1 aromatic heterocycles. The van der Waals surface area contributed by atoms with Crippen molar-refractivity contribution in [3.63, 3.8) is 0 Å². The third-order valence-electron chi connectivity index (χ3n) is 4.06. The molecule has 2 nitrogen and oxygen atoms in total. The summed E-state index contributed by atoms with van der Waals surface area (Å²) in [4.78, 5) is 0. The molecule has 1 unspecified atom stereocenters. The molecule has 0 amide bonds. The van der Waals surface area contributed by atoms with E-state index < -0.39 is 0 Å². The van der Waals surface area contributed by atoms with Gasteiger partial charge in [0.2, 0.25) is 0 Å². The maximum Gasteiger partial charge on any atom is 0.0659 e. The van der Waals surface area contributed by atoms with Crippen molar-refractivity contribution < 1.29 is 0 Å². The molecule has 0 saturated carbocycles. The predicted octanol–water partition coefficient (Wildman–Crippen LogP) is 3.76. The highest BCUT2D eigenvalue weighted by Gasteiger charge is 2.31. The number of fused-ring (bicyclic) bond motifs is 1. The molecule has 1 heterocycles. The zero-order valence-corrected chi connectivity index (χ0v) is 11.9. The minimum Gasteiger partial charge on any atom is -0.282 e. The van der Waals surface area contributed by atoms with Crippen molar-refractivity contribution in [3.05, 3.63) is 17.0 Å². The van der Waals surface area contributed by atoms with E-state index in [1.807, 2.05) is 0 Å². The van der Waals surface area contributed by atoms with Gasteiger partial charge in [-0.2, -0.15) is 5.10 Å². The zero-order valence-electron chi connectivity index (χ0n) is 11.9. The number of aromatic nitrogens is 2. The summed E-state index contributed by atoms with van der Waals surface area (Å²) in [5.41, 5.74) is 4.68. The Hall–Kier alpha value is -0.790. The van der Waals surface area contributed by atoms with Crippen LogP contribution in [0.15, 0.2) is 0 Å². The standard InChI is InChI=1S/C15H26N2/c1-10(2)8-14-12-9-11(15(3,4)5)6-7-13(12)16-17-14/h10-11H,6-9H2,1-5H3,(H,16,17). The minimum atomic E-state index is 0.421. The molecule has 1 aromatic rings. The van der Waals surface area contributed by atoms with Crippen LogP contribution in [0, 0.1) is 17.3 Å². The molecule has 96 valence electrons. The van der Waals surface area contributed by atoms with Crippen LogP contribution in [0.3, 0.4) is 0 Å². The van der Waals surface area contributed by atoms with Crippen molar-refractivity contribution in [1.29, 1.82) is 0 Å². The van der Waals surface area contributed by atoms with Gasteiger partial charge in [0.1, 0.15) is 0 Å². The molecular weight excluding hydrogens is 208 g/mol. The number of hydrogen-bond acceptors (Lipinski definition) is 1. The molecule has 1 aliphatic rings. The maximum absolute atomic E-state index is 4.53. The summed E-state index contributed by atoms with van der Waals surface area (Å²) in [7, 11) is 0. The summed E-state index contributed by atoms with van der Waals surface area (Å²) >= 11 is 0. The second kappa shape index (κ2) is 4.47. The largest absolute Gasteiger partial charge is 0.282 e. The topological polar surface area (TPSA) is 28.7 Å². The second-order valence-electron chi connectivity index (χ2n) is 7.03. The quantitative estimate of drug-likeness (QED) is 0.829. The van der Waals surface area contributed by atoms with Crippen LogP contribution in [0.5, 0.6) is 0 Å². The summed E-state index contributed by atoms with van der Waals surface area (Å²) in [6.07, 6.45) is 4.82. The fourth-order valence-corrected chi connectivity index (χ4v) is 2.85. The van der Waals surface area contributed by atoms with Gasteiger partial charge >= 0.3 is 0 Å². The molecule has 0 saturated heterocycles. The summed E-state index contributed by atoms with van der Waals surface area (Å²) in [6.45, 7) is 11.6. The van der Waals surface area contributed by atoms with Gasteiger partial charge in [0, 0.05) is 5.69 Å². The lowest BCUT2D eigenvalue weighted by atomic mass is 9.71. The first-order chi connectivity index (χ1) is 7.88. The van der Waals surface area contributed by atoms with E-state index in [-0.39, 0.29) is 0 Å². The van der Waals surface area contributed by atoms with Gasteiger partial charge < -0.3 is 0 Å². The Bertz CT molecular complexity index is 382. The third kappa shape index (κ3) is 2.72. The van der Waals surface area contributed by atoms with E-state index in [0.29, 0.717) is 11.3 Å². The Morgan fingerprint density at radius 2 is 2.06 bits per heavy atom. The van der Waals surface area contributed by atoms with Gasteiger partial charge in [-0.3, -0.25) is 5.10 Å². The van der Waals surface area contributed by atoms with E-state index >= 15 is 0 Å². The van der Waals surface area contributed by atoms with Crippen LogP contribution < -0.4 is 0 Å². The normalized spacial score (nSPS) is 20.7. The first kappa shape index (κ1) is 12.7. The van der Waals surface area contributed by atoms with Crippen molar-refractivity contribution in [3.8, 4) is 0 Å². The van der Waals surface area contributed by atoms with Crippen LogP contribution in [-0.2, 0) is 19.3 Å². The lowest BCUT2D eigenvalue weighted by Crippen LogP contribution is -2.27. The summed E-state index contributed by atoms with van der Waals surface area (Å²) in [5.74, 6) is 1.50. The third-order valence-corrected chi connectivity index (χ3v) is 4.06. The van der Waals surface area contributed by atoms with Crippen LogP contribution in [-0.4, -0.2) is 10.2 Å². The Morgan fingerprint density at radius 3 is 2.65 bits per heavy atom. The van der Waals surface area contributed by atoms with E-state index in [4.69, 9.17) is 0 Å². The molecule has 1 atom stereocenters. The monoisotopic (exact) mass is 234 g/mol. The highest BCUT2D eigenvalue weighted by Crippen LogP contribution is 2.37. The number of nitrogens with zero attached hydrogens (tertiary/aromatic N) is 1. The van der Waals surface area contributed by atoms with Gasteiger partial charge in [-0.05, 0) is 48.5 Å². The molecule has 17 heavy (non-hydrogen) atoms. The molecule has 0 radical (unpaired) electrons. The van der Waals surface area contributed by atoms with E-state index in [2.05, 4.69) is 44.8 Å².